The van der Waals surface area contributed by atoms with E-state index in [0.29, 0.717) is 34.9 Å². The van der Waals surface area contributed by atoms with Gasteiger partial charge in [0.25, 0.3) is 0 Å². The quantitative estimate of drug-likeness (QED) is 0.783. The van der Waals surface area contributed by atoms with Gasteiger partial charge in [0.15, 0.2) is 11.2 Å². The highest BCUT2D eigenvalue weighted by molar-refractivity contribution is 5.73. The molecular formula is C14H12FN3O. The lowest BCUT2D eigenvalue weighted by Crippen LogP contribution is -2.04. The Morgan fingerprint density at radius 3 is 2.79 bits per heavy atom. The van der Waals surface area contributed by atoms with Gasteiger partial charge in [-0.3, -0.25) is 0 Å². The summed E-state index contributed by atoms with van der Waals surface area (Å²) < 4.78 is 19.2. The molecule has 0 saturated heterocycles. The molecule has 3 rings (SSSR count). The number of hydrogen-bond donors (Lipinski definition) is 1. The molecule has 0 radical (unpaired) electrons. The number of oxazole rings is 1. The fourth-order valence-electron chi connectivity index (χ4n) is 1.91. The van der Waals surface area contributed by atoms with Gasteiger partial charge in [-0.25, -0.2) is 9.37 Å². The fraction of sp³-hybridized carbons (Fsp3) is 0.143. The third-order valence-corrected chi connectivity index (χ3v) is 2.78. The minimum absolute atomic E-state index is 0.298. The molecule has 0 amide bonds. The molecule has 0 aliphatic rings. The SMILES string of the molecule is CNCc1nc2nc(-c3ccccc3F)ccc2o1. The van der Waals surface area contributed by atoms with Crippen LogP contribution in [0.15, 0.2) is 40.8 Å². The third kappa shape index (κ3) is 2.20. The van der Waals surface area contributed by atoms with Gasteiger partial charge >= 0.3 is 0 Å². The van der Waals surface area contributed by atoms with Crippen molar-refractivity contribution < 1.29 is 8.81 Å². The minimum Gasteiger partial charge on any atom is -0.438 e. The molecule has 2 heterocycles. The van der Waals surface area contributed by atoms with Gasteiger partial charge in [0.2, 0.25) is 5.89 Å². The van der Waals surface area contributed by atoms with E-state index in [1.165, 1.54) is 6.07 Å². The van der Waals surface area contributed by atoms with Crippen LogP contribution in [0, 0.1) is 5.82 Å². The van der Waals surface area contributed by atoms with Crippen LogP contribution in [-0.4, -0.2) is 17.0 Å². The zero-order chi connectivity index (χ0) is 13.2. The summed E-state index contributed by atoms with van der Waals surface area (Å²) in [6, 6.07) is 10.0. The van der Waals surface area contributed by atoms with Crippen LogP contribution in [0.3, 0.4) is 0 Å². The lowest BCUT2D eigenvalue weighted by atomic mass is 10.1. The summed E-state index contributed by atoms with van der Waals surface area (Å²) in [4.78, 5) is 8.59. The summed E-state index contributed by atoms with van der Waals surface area (Å²) >= 11 is 0. The zero-order valence-corrected chi connectivity index (χ0v) is 10.4. The van der Waals surface area contributed by atoms with Crippen molar-refractivity contribution in [3.8, 4) is 11.3 Å². The normalized spacial score (nSPS) is 11.1. The maximum absolute atomic E-state index is 13.7. The van der Waals surface area contributed by atoms with E-state index in [-0.39, 0.29) is 5.82 Å². The van der Waals surface area contributed by atoms with Gasteiger partial charge in [-0.05, 0) is 31.3 Å². The standard InChI is InChI=1S/C14H12FN3O/c1-16-8-13-18-14-12(19-13)7-6-11(17-14)9-4-2-3-5-10(9)15/h2-7,16H,8H2,1H3. The van der Waals surface area contributed by atoms with Crippen molar-refractivity contribution in [1.29, 1.82) is 0 Å². The topological polar surface area (TPSA) is 51.0 Å². The average Bonchev–Trinajstić information content (AvgIpc) is 2.81. The van der Waals surface area contributed by atoms with Crippen LogP contribution in [0.5, 0.6) is 0 Å². The van der Waals surface area contributed by atoms with Crippen molar-refractivity contribution >= 4 is 11.2 Å². The second-order valence-electron chi connectivity index (χ2n) is 4.14. The van der Waals surface area contributed by atoms with Gasteiger partial charge in [0, 0.05) is 5.56 Å². The van der Waals surface area contributed by atoms with E-state index in [2.05, 4.69) is 15.3 Å². The van der Waals surface area contributed by atoms with Gasteiger partial charge < -0.3 is 9.73 Å². The Balaban J connectivity index is 2.08. The zero-order valence-electron chi connectivity index (χ0n) is 10.4. The summed E-state index contributed by atoms with van der Waals surface area (Å²) in [6.07, 6.45) is 0. The van der Waals surface area contributed by atoms with Gasteiger partial charge in [-0.1, -0.05) is 12.1 Å². The average molecular weight is 257 g/mol. The molecular weight excluding hydrogens is 245 g/mol. The second-order valence-corrected chi connectivity index (χ2v) is 4.14. The van der Waals surface area contributed by atoms with E-state index in [9.17, 15) is 4.39 Å². The third-order valence-electron chi connectivity index (χ3n) is 2.78. The van der Waals surface area contributed by atoms with Crippen molar-refractivity contribution in [2.45, 2.75) is 6.54 Å². The molecule has 0 fully saturated rings. The lowest BCUT2D eigenvalue weighted by Gasteiger charge is -2.00. The molecule has 19 heavy (non-hydrogen) atoms. The van der Waals surface area contributed by atoms with Gasteiger partial charge in [0.05, 0.1) is 12.2 Å². The Hall–Kier alpha value is -2.27. The predicted octanol–water partition coefficient (Wildman–Crippen LogP) is 2.75. The molecule has 0 aliphatic heterocycles. The van der Waals surface area contributed by atoms with Crippen LogP contribution in [0.2, 0.25) is 0 Å². The van der Waals surface area contributed by atoms with Crippen molar-refractivity contribution in [3.05, 3.63) is 48.1 Å². The second kappa shape index (κ2) is 4.78. The molecule has 0 atom stereocenters. The van der Waals surface area contributed by atoms with Crippen LogP contribution < -0.4 is 5.32 Å². The Bertz CT molecular complexity index is 724. The summed E-state index contributed by atoms with van der Waals surface area (Å²) in [6.45, 7) is 0.533. The van der Waals surface area contributed by atoms with Crippen LogP contribution in [0.1, 0.15) is 5.89 Å². The van der Waals surface area contributed by atoms with Gasteiger partial charge in [0.1, 0.15) is 5.82 Å². The Kier molecular flexibility index (Phi) is 2.97. The molecule has 1 N–H and O–H groups in total. The first-order valence-electron chi connectivity index (χ1n) is 5.94. The summed E-state index contributed by atoms with van der Waals surface area (Å²) in [7, 11) is 1.81. The molecule has 0 spiro atoms. The van der Waals surface area contributed by atoms with Crippen LogP contribution in [0.25, 0.3) is 22.5 Å². The highest BCUT2D eigenvalue weighted by atomic mass is 19.1. The van der Waals surface area contributed by atoms with E-state index in [4.69, 9.17) is 4.42 Å². The van der Waals surface area contributed by atoms with Crippen molar-refractivity contribution in [3.63, 3.8) is 0 Å². The van der Waals surface area contributed by atoms with E-state index in [1.807, 2.05) is 7.05 Å². The molecule has 96 valence electrons. The number of nitrogens with one attached hydrogen (secondary N) is 1. The monoisotopic (exact) mass is 257 g/mol. The first-order valence-corrected chi connectivity index (χ1v) is 5.94. The molecule has 4 nitrogen and oxygen atoms in total. The van der Waals surface area contributed by atoms with E-state index in [0.717, 1.165) is 0 Å². The molecule has 2 aromatic heterocycles. The number of aromatic nitrogens is 2. The highest BCUT2D eigenvalue weighted by Gasteiger charge is 2.10. The van der Waals surface area contributed by atoms with Gasteiger partial charge in [-0.15, -0.1) is 0 Å². The molecule has 0 aliphatic carbocycles. The minimum atomic E-state index is -0.298. The smallest absolute Gasteiger partial charge is 0.211 e. The molecule has 0 unspecified atom stereocenters. The highest BCUT2D eigenvalue weighted by Crippen LogP contribution is 2.23. The maximum Gasteiger partial charge on any atom is 0.211 e. The number of benzene rings is 1. The molecule has 1 aromatic carbocycles. The Morgan fingerprint density at radius 1 is 1.16 bits per heavy atom. The summed E-state index contributed by atoms with van der Waals surface area (Å²) in [5.74, 6) is 0.268. The van der Waals surface area contributed by atoms with E-state index < -0.39 is 0 Å². The van der Waals surface area contributed by atoms with Crippen LogP contribution in [-0.2, 0) is 6.54 Å². The first kappa shape index (κ1) is 11.8. The van der Waals surface area contributed by atoms with E-state index >= 15 is 0 Å². The Morgan fingerprint density at radius 2 is 2.00 bits per heavy atom. The van der Waals surface area contributed by atoms with Crippen LogP contribution in [0.4, 0.5) is 4.39 Å². The molecule has 3 aromatic rings. The number of rotatable bonds is 3. The van der Waals surface area contributed by atoms with E-state index in [1.54, 1.807) is 30.3 Å². The van der Waals surface area contributed by atoms with Crippen LogP contribution >= 0.6 is 0 Å². The maximum atomic E-state index is 13.7. The first-order chi connectivity index (χ1) is 9.28. The predicted molar refractivity (Wildman–Crippen MR) is 70.0 cm³/mol. The summed E-state index contributed by atoms with van der Waals surface area (Å²) in [5.41, 5.74) is 2.11. The Labute approximate surface area is 109 Å². The van der Waals surface area contributed by atoms with Crippen molar-refractivity contribution in [2.75, 3.05) is 7.05 Å². The lowest BCUT2D eigenvalue weighted by molar-refractivity contribution is 0.511. The number of hydrogen-bond acceptors (Lipinski definition) is 4. The van der Waals surface area contributed by atoms with Gasteiger partial charge in [-0.2, -0.15) is 4.98 Å². The van der Waals surface area contributed by atoms with Crippen molar-refractivity contribution in [2.24, 2.45) is 0 Å². The molecule has 0 saturated carbocycles. The van der Waals surface area contributed by atoms with Crippen molar-refractivity contribution in [1.82, 2.24) is 15.3 Å². The number of pyridine rings is 1. The number of nitrogens with zero attached hydrogens (tertiary/aromatic N) is 2. The number of fused-ring (bicyclic) bond motifs is 1. The summed E-state index contributed by atoms with van der Waals surface area (Å²) in [5, 5.41) is 2.96. The number of halogens is 1. The largest absolute Gasteiger partial charge is 0.438 e. The molecule has 0 bridgehead atoms. The molecule has 5 heteroatoms. The fourth-order valence-corrected chi connectivity index (χ4v) is 1.91.